The maximum atomic E-state index is 11.8. The van der Waals surface area contributed by atoms with Gasteiger partial charge in [-0.1, -0.05) is 42.0 Å². The number of hydrogen-bond donors (Lipinski definition) is 2. The second-order valence-corrected chi connectivity index (χ2v) is 4.83. The summed E-state index contributed by atoms with van der Waals surface area (Å²) in [5.41, 5.74) is 6.00. The lowest BCUT2D eigenvalue weighted by atomic mass is 10.2. The molecule has 0 aliphatic heterocycles. The Morgan fingerprint density at radius 3 is 2.63 bits per heavy atom. The first-order chi connectivity index (χ1) is 8.91. The van der Waals surface area contributed by atoms with Gasteiger partial charge in [-0.2, -0.15) is 0 Å². The van der Waals surface area contributed by atoms with Crippen molar-refractivity contribution < 1.29 is 9.59 Å². The number of likely N-dealkylation sites (N-methyl/N-ethyl adjacent to an activating group) is 1. The van der Waals surface area contributed by atoms with E-state index < -0.39 is 11.8 Å². The molecule has 0 saturated heterocycles. The van der Waals surface area contributed by atoms with Gasteiger partial charge in [-0.3, -0.25) is 9.59 Å². The van der Waals surface area contributed by atoms with Crippen LogP contribution in [0.15, 0.2) is 24.3 Å². The van der Waals surface area contributed by atoms with Crippen molar-refractivity contribution in [3.63, 3.8) is 0 Å². The summed E-state index contributed by atoms with van der Waals surface area (Å²) in [5.74, 6) is -1.42. The molecule has 0 radical (unpaired) electrons. The number of nitrogens with one attached hydrogen (secondary N) is 1. The molecular formula is C12H14ClN3O2S. The van der Waals surface area contributed by atoms with Gasteiger partial charge < -0.3 is 16.0 Å². The van der Waals surface area contributed by atoms with E-state index in [-0.39, 0.29) is 18.1 Å². The van der Waals surface area contributed by atoms with Crippen LogP contribution in [-0.4, -0.2) is 35.3 Å². The highest BCUT2D eigenvalue weighted by Gasteiger charge is 2.19. The zero-order valence-electron chi connectivity index (χ0n) is 10.4. The number of amides is 2. The molecule has 102 valence electrons. The van der Waals surface area contributed by atoms with Crippen molar-refractivity contribution in [2.24, 2.45) is 5.73 Å². The predicted octanol–water partition coefficient (Wildman–Crippen LogP) is 0.701. The maximum absolute atomic E-state index is 11.8. The number of rotatable bonds is 4. The molecule has 0 atom stereocenters. The number of halogens is 1. The Morgan fingerprint density at radius 2 is 2.05 bits per heavy atom. The lowest BCUT2D eigenvalue weighted by Crippen LogP contribution is -2.43. The second-order valence-electron chi connectivity index (χ2n) is 3.90. The molecule has 0 aliphatic rings. The van der Waals surface area contributed by atoms with Crippen molar-refractivity contribution in [1.82, 2.24) is 10.2 Å². The monoisotopic (exact) mass is 299 g/mol. The van der Waals surface area contributed by atoms with Crippen molar-refractivity contribution in [1.29, 1.82) is 0 Å². The van der Waals surface area contributed by atoms with Crippen LogP contribution in [0.4, 0.5) is 0 Å². The Kier molecular flexibility index (Phi) is 5.72. The quantitative estimate of drug-likeness (QED) is 0.634. The van der Waals surface area contributed by atoms with Gasteiger partial charge in [0.1, 0.15) is 0 Å². The predicted molar refractivity (Wildman–Crippen MR) is 77.7 cm³/mol. The molecule has 0 spiro atoms. The van der Waals surface area contributed by atoms with Gasteiger partial charge in [0, 0.05) is 18.6 Å². The number of nitrogens with two attached hydrogens (primary N) is 1. The lowest BCUT2D eigenvalue weighted by Gasteiger charge is -2.17. The fourth-order valence-corrected chi connectivity index (χ4v) is 1.64. The Hall–Kier alpha value is -1.66. The third-order valence-electron chi connectivity index (χ3n) is 2.33. The Labute approximate surface area is 121 Å². The maximum Gasteiger partial charge on any atom is 0.311 e. The van der Waals surface area contributed by atoms with E-state index in [4.69, 9.17) is 17.3 Å². The molecule has 0 aliphatic carbocycles. The van der Waals surface area contributed by atoms with Crippen LogP contribution >= 0.6 is 23.8 Å². The zero-order valence-corrected chi connectivity index (χ0v) is 11.9. The van der Waals surface area contributed by atoms with Gasteiger partial charge in [0.15, 0.2) is 0 Å². The summed E-state index contributed by atoms with van der Waals surface area (Å²) in [7, 11) is 1.52. The fourth-order valence-electron chi connectivity index (χ4n) is 1.37. The second kappa shape index (κ2) is 7.06. The Bertz CT molecular complexity index is 508. The van der Waals surface area contributed by atoms with Crippen LogP contribution in [0.5, 0.6) is 0 Å². The molecule has 1 aromatic rings. The molecule has 0 heterocycles. The van der Waals surface area contributed by atoms with E-state index in [1.54, 1.807) is 18.2 Å². The first-order valence-electron chi connectivity index (χ1n) is 5.47. The summed E-state index contributed by atoms with van der Waals surface area (Å²) in [6.45, 7) is 0.249. The highest BCUT2D eigenvalue weighted by Crippen LogP contribution is 2.16. The van der Waals surface area contributed by atoms with Crippen LogP contribution in [0.3, 0.4) is 0 Å². The van der Waals surface area contributed by atoms with Crippen LogP contribution in [0.2, 0.25) is 5.02 Å². The summed E-state index contributed by atoms with van der Waals surface area (Å²) in [4.78, 5) is 24.7. The van der Waals surface area contributed by atoms with E-state index in [2.05, 4.69) is 17.5 Å². The smallest absolute Gasteiger partial charge is 0.311 e. The van der Waals surface area contributed by atoms with Gasteiger partial charge in [0.05, 0.1) is 11.5 Å². The molecule has 2 amide bonds. The summed E-state index contributed by atoms with van der Waals surface area (Å²) in [5, 5.41) is 2.88. The zero-order chi connectivity index (χ0) is 14.4. The fraction of sp³-hybridized carbons (Fsp3) is 0.250. The summed E-state index contributed by atoms with van der Waals surface area (Å²) in [6, 6.07) is 7.12. The normalized spacial score (nSPS) is 9.79. The summed E-state index contributed by atoms with van der Waals surface area (Å²) in [6.07, 6.45) is 0. The molecule has 0 unspecified atom stereocenters. The van der Waals surface area contributed by atoms with Gasteiger partial charge >= 0.3 is 11.8 Å². The summed E-state index contributed by atoms with van der Waals surface area (Å²) >= 11 is 10.6. The number of hydrogen-bond acceptors (Lipinski definition) is 3. The number of carbonyl (C=O) groups is 2. The van der Waals surface area contributed by atoms with Gasteiger partial charge in [-0.05, 0) is 11.6 Å². The number of benzene rings is 1. The molecular weight excluding hydrogens is 286 g/mol. The first-order valence-corrected chi connectivity index (χ1v) is 6.25. The first kappa shape index (κ1) is 15.4. The van der Waals surface area contributed by atoms with Crippen molar-refractivity contribution in [2.75, 3.05) is 13.6 Å². The average Bonchev–Trinajstić information content (AvgIpc) is 2.37. The van der Waals surface area contributed by atoms with Gasteiger partial charge in [-0.15, -0.1) is 0 Å². The molecule has 3 N–H and O–H groups in total. The van der Waals surface area contributed by atoms with Gasteiger partial charge in [-0.25, -0.2) is 0 Å². The van der Waals surface area contributed by atoms with Gasteiger partial charge in [0.2, 0.25) is 0 Å². The van der Waals surface area contributed by atoms with E-state index in [0.29, 0.717) is 5.02 Å². The van der Waals surface area contributed by atoms with Crippen molar-refractivity contribution >= 4 is 40.6 Å². The standard InChI is InChI=1S/C12H14ClN3O2S/c1-16(7-8-4-2-3-5-9(8)13)12(18)11(17)15-6-10(14)19/h2-5H,6-7H2,1H3,(H2,14,19)(H,15,17). The van der Waals surface area contributed by atoms with E-state index in [9.17, 15) is 9.59 Å². The third-order valence-corrected chi connectivity index (χ3v) is 2.84. The number of nitrogens with zero attached hydrogens (tertiary/aromatic N) is 1. The topological polar surface area (TPSA) is 75.4 Å². The lowest BCUT2D eigenvalue weighted by molar-refractivity contribution is -0.145. The minimum absolute atomic E-state index is 0.000159. The van der Waals surface area contributed by atoms with Crippen LogP contribution in [0, 0.1) is 0 Å². The van der Waals surface area contributed by atoms with Gasteiger partial charge in [0.25, 0.3) is 0 Å². The minimum atomic E-state index is -0.748. The largest absolute Gasteiger partial charge is 0.392 e. The van der Waals surface area contributed by atoms with Crippen molar-refractivity contribution in [3.8, 4) is 0 Å². The highest BCUT2D eigenvalue weighted by atomic mass is 35.5. The molecule has 7 heteroatoms. The Balaban J connectivity index is 2.60. The number of thiocarbonyl (C=S) groups is 1. The number of carbonyl (C=O) groups excluding carboxylic acids is 2. The van der Waals surface area contributed by atoms with E-state index in [1.807, 2.05) is 6.07 Å². The Morgan fingerprint density at radius 1 is 1.42 bits per heavy atom. The SMILES string of the molecule is CN(Cc1ccccc1Cl)C(=O)C(=O)NCC(N)=S. The molecule has 19 heavy (non-hydrogen) atoms. The average molecular weight is 300 g/mol. The van der Waals surface area contributed by atoms with E-state index in [0.717, 1.165) is 5.56 Å². The molecule has 0 aromatic heterocycles. The van der Waals surface area contributed by atoms with Crippen LogP contribution in [0.25, 0.3) is 0 Å². The third kappa shape index (κ3) is 4.84. The van der Waals surface area contributed by atoms with Crippen molar-refractivity contribution in [2.45, 2.75) is 6.54 Å². The molecule has 1 aromatic carbocycles. The molecule has 0 saturated carbocycles. The molecule has 0 fully saturated rings. The molecule has 5 nitrogen and oxygen atoms in total. The van der Waals surface area contributed by atoms with Crippen LogP contribution in [0.1, 0.15) is 5.56 Å². The molecule has 0 bridgehead atoms. The van der Waals surface area contributed by atoms with E-state index in [1.165, 1.54) is 11.9 Å². The van der Waals surface area contributed by atoms with Crippen molar-refractivity contribution in [3.05, 3.63) is 34.9 Å². The van der Waals surface area contributed by atoms with Crippen LogP contribution in [-0.2, 0) is 16.1 Å². The van der Waals surface area contributed by atoms with Crippen LogP contribution < -0.4 is 11.1 Å². The molecule has 1 rings (SSSR count). The highest BCUT2D eigenvalue weighted by molar-refractivity contribution is 7.80. The summed E-state index contributed by atoms with van der Waals surface area (Å²) < 4.78 is 0. The minimum Gasteiger partial charge on any atom is -0.392 e. The van der Waals surface area contributed by atoms with E-state index >= 15 is 0 Å².